The van der Waals surface area contributed by atoms with Gasteiger partial charge in [-0.3, -0.25) is 14.1 Å². The Hall–Kier alpha value is -4.89. The first-order valence-electron chi connectivity index (χ1n) is 15.9. The summed E-state index contributed by atoms with van der Waals surface area (Å²) in [6, 6.07) is 24.4. The van der Waals surface area contributed by atoms with Gasteiger partial charge >= 0.3 is 12.4 Å². The largest absolute Gasteiger partial charge is 0.417 e. The number of alkyl halides is 6. The van der Waals surface area contributed by atoms with Gasteiger partial charge in [0.25, 0.3) is 16.0 Å². The summed E-state index contributed by atoms with van der Waals surface area (Å²) in [7, 11) is -4.29. The monoisotopic (exact) mass is 808 g/mol. The molecule has 0 aliphatic rings. The molecule has 0 aromatic heterocycles. The molecule has 0 aliphatic carbocycles. The second kappa shape index (κ2) is 16.2. The molecule has 5 rings (SSSR count). The maximum absolute atomic E-state index is 13.9. The topological polar surface area (TPSA) is 113 Å². The fraction of sp³-hybridized carbons (Fsp3) is 0.158. The molecule has 16 heteroatoms. The van der Waals surface area contributed by atoms with Crippen LogP contribution in [0.25, 0.3) is 22.3 Å². The summed E-state index contributed by atoms with van der Waals surface area (Å²) in [4.78, 5) is 26.3. The Labute approximate surface area is 315 Å². The molecule has 0 spiro atoms. The summed E-state index contributed by atoms with van der Waals surface area (Å²) in [5, 5.41) is 4.95. The Morgan fingerprint density at radius 2 is 1.17 bits per heavy atom. The average molecular weight is 810 g/mol. The van der Waals surface area contributed by atoms with Crippen molar-refractivity contribution in [1.29, 1.82) is 0 Å². The molecular formula is C38H28Cl2F6N2O5S. The molecule has 5 aromatic carbocycles. The molecule has 54 heavy (non-hydrogen) atoms. The van der Waals surface area contributed by atoms with E-state index in [2.05, 4.69) is 10.6 Å². The lowest BCUT2D eigenvalue weighted by Crippen LogP contribution is -2.28. The minimum Gasteiger partial charge on any atom is -0.351 e. The summed E-state index contributed by atoms with van der Waals surface area (Å²) in [5.41, 5.74) is -0.289. The van der Waals surface area contributed by atoms with Crippen LogP contribution in [0.15, 0.2) is 109 Å². The molecule has 0 saturated heterocycles. The summed E-state index contributed by atoms with van der Waals surface area (Å²) < 4.78 is 114. The Bertz CT molecular complexity index is 2270. The maximum Gasteiger partial charge on any atom is 0.417 e. The number of carbonyl (C=O) groups is 2. The predicted octanol–water partition coefficient (Wildman–Crippen LogP) is 9.95. The number of halogens is 8. The average Bonchev–Trinajstić information content (AvgIpc) is 3.10. The molecular weight excluding hydrogens is 781 g/mol. The molecule has 0 heterocycles. The van der Waals surface area contributed by atoms with Crippen LogP contribution >= 0.6 is 23.2 Å². The second-order valence-electron chi connectivity index (χ2n) is 12.1. The molecule has 1 unspecified atom stereocenters. The maximum atomic E-state index is 13.9. The van der Waals surface area contributed by atoms with Crippen LogP contribution in [0.2, 0.25) is 10.0 Å². The highest BCUT2D eigenvalue weighted by Crippen LogP contribution is 2.40. The van der Waals surface area contributed by atoms with Crippen molar-refractivity contribution in [3.63, 3.8) is 0 Å². The van der Waals surface area contributed by atoms with Gasteiger partial charge in [-0.15, -0.1) is 0 Å². The van der Waals surface area contributed by atoms with Crippen molar-refractivity contribution < 1.29 is 48.9 Å². The highest BCUT2D eigenvalue weighted by molar-refractivity contribution is 7.85. The van der Waals surface area contributed by atoms with Gasteiger partial charge in [-0.05, 0) is 88.3 Å². The van der Waals surface area contributed by atoms with Crippen molar-refractivity contribution in [2.24, 2.45) is 0 Å². The normalized spacial score (nSPS) is 12.6. The van der Waals surface area contributed by atoms with E-state index in [1.165, 1.54) is 84.9 Å². The SMILES string of the molecule is O=C(NCCS(=O)(=O)O)c1ccc(CC(C(=O)Nc2ccc(-c3ccc(Cl)cc3C(F)(F)F)cc2)c2ccc(-c3ccc(Cl)cc3C(F)(F)F)cc2)cc1. The third-order valence-electron chi connectivity index (χ3n) is 8.28. The number of rotatable bonds is 11. The second-order valence-corrected chi connectivity index (χ2v) is 14.5. The molecule has 0 bridgehead atoms. The quantitative estimate of drug-likeness (QED) is 0.0909. The van der Waals surface area contributed by atoms with E-state index in [-0.39, 0.29) is 56.5 Å². The van der Waals surface area contributed by atoms with E-state index in [9.17, 15) is 44.3 Å². The van der Waals surface area contributed by atoms with Crippen LogP contribution in [0.4, 0.5) is 32.0 Å². The first kappa shape index (κ1) is 40.3. The van der Waals surface area contributed by atoms with Crippen molar-refractivity contribution in [2.75, 3.05) is 17.6 Å². The fourth-order valence-electron chi connectivity index (χ4n) is 5.65. The zero-order chi connectivity index (χ0) is 39.4. The molecule has 3 N–H and O–H groups in total. The van der Waals surface area contributed by atoms with E-state index in [1.807, 2.05) is 0 Å². The predicted molar refractivity (Wildman–Crippen MR) is 194 cm³/mol. The number of hydrogen-bond donors (Lipinski definition) is 3. The Morgan fingerprint density at radius 3 is 1.63 bits per heavy atom. The highest BCUT2D eigenvalue weighted by Gasteiger charge is 2.35. The minimum atomic E-state index is -4.70. The number of carbonyl (C=O) groups excluding carboxylic acids is 2. The highest BCUT2D eigenvalue weighted by atomic mass is 35.5. The van der Waals surface area contributed by atoms with Crippen molar-refractivity contribution >= 4 is 50.8 Å². The molecule has 0 fully saturated rings. The summed E-state index contributed by atoms with van der Waals surface area (Å²) in [5.74, 6) is -2.79. The molecule has 7 nitrogen and oxygen atoms in total. The standard InChI is InChI=1S/C38H28Cl2F6N2O5S/c39-27-11-15-30(33(20-27)37(41,42)43)23-5-7-25(8-6-23)32(19-22-1-3-26(4-2-22)35(49)47-17-18-54(51,52)53)36(50)48-29-13-9-24(10-14-29)31-16-12-28(40)21-34(31)38(44,45)46/h1-16,20-21,32H,17-19H2,(H,47,49)(H,48,50)(H,51,52,53). The zero-order valence-corrected chi connectivity index (χ0v) is 29.9. The van der Waals surface area contributed by atoms with E-state index >= 15 is 0 Å². The van der Waals surface area contributed by atoms with Gasteiger partial charge in [0.1, 0.15) is 0 Å². The Kier molecular flexibility index (Phi) is 12.1. The van der Waals surface area contributed by atoms with Crippen LogP contribution < -0.4 is 10.6 Å². The minimum absolute atomic E-state index is 0.0440. The van der Waals surface area contributed by atoms with Gasteiger partial charge in [-0.25, -0.2) is 0 Å². The zero-order valence-electron chi connectivity index (χ0n) is 27.6. The van der Waals surface area contributed by atoms with E-state index < -0.39 is 57.1 Å². The van der Waals surface area contributed by atoms with Gasteiger partial charge in [0.15, 0.2) is 0 Å². The number of amides is 2. The van der Waals surface area contributed by atoms with Crippen LogP contribution in [-0.4, -0.2) is 37.1 Å². The van der Waals surface area contributed by atoms with E-state index in [0.717, 1.165) is 12.1 Å². The van der Waals surface area contributed by atoms with Crippen LogP contribution in [0.5, 0.6) is 0 Å². The Balaban J connectivity index is 1.42. The van der Waals surface area contributed by atoms with Gasteiger partial charge in [-0.1, -0.05) is 83.9 Å². The van der Waals surface area contributed by atoms with E-state index in [4.69, 9.17) is 27.8 Å². The summed E-state index contributed by atoms with van der Waals surface area (Å²) in [6.07, 6.45) is -9.33. The van der Waals surface area contributed by atoms with E-state index in [1.54, 1.807) is 12.1 Å². The van der Waals surface area contributed by atoms with Crippen LogP contribution in [0.3, 0.4) is 0 Å². The number of benzene rings is 5. The number of anilines is 1. The number of hydrogen-bond acceptors (Lipinski definition) is 4. The molecule has 5 aromatic rings. The molecule has 0 saturated carbocycles. The lowest BCUT2D eigenvalue weighted by molar-refractivity contribution is -0.137. The third kappa shape index (κ3) is 10.4. The van der Waals surface area contributed by atoms with Crippen molar-refractivity contribution in [1.82, 2.24) is 5.32 Å². The van der Waals surface area contributed by atoms with Crippen LogP contribution in [0, 0.1) is 0 Å². The van der Waals surface area contributed by atoms with Crippen LogP contribution in [-0.2, 0) is 33.7 Å². The Morgan fingerprint density at radius 1 is 0.685 bits per heavy atom. The first-order valence-corrected chi connectivity index (χ1v) is 18.2. The summed E-state index contributed by atoms with van der Waals surface area (Å²) in [6.45, 7) is -0.331. The molecule has 2 amide bonds. The fourth-order valence-corrected chi connectivity index (χ4v) is 6.35. The molecule has 0 radical (unpaired) electrons. The molecule has 0 aliphatic heterocycles. The van der Waals surface area contributed by atoms with Crippen LogP contribution in [0.1, 0.15) is 38.5 Å². The van der Waals surface area contributed by atoms with E-state index in [0.29, 0.717) is 11.1 Å². The van der Waals surface area contributed by atoms with Gasteiger partial charge in [-0.2, -0.15) is 34.8 Å². The van der Waals surface area contributed by atoms with Gasteiger partial charge in [0, 0.05) is 27.8 Å². The van der Waals surface area contributed by atoms with Gasteiger partial charge < -0.3 is 10.6 Å². The van der Waals surface area contributed by atoms with Gasteiger partial charge in [0.2, 0.25) is 5.91 Å². The van der Waals surface area contributed by atoms with Gasteiger partial charge in [0.05, 0.1) is 22.8 Å². The van der Waals surface area contributed by atoms with Crippen molar-refractivity contribution in [2.45, 2.75) is 24.7 Å². The number of nitrogens with one attached hydrogen (secondary N) is 2. The molecule has 282 valence electrons. The van der Waals surface area contributed by atoms with Crippen molar-refractivity contribution in [3.05, 3.63) is 147 Å². The summed E-state index contributed by atoms with van der Waals surface area (Å²) >= 11 is 11.7. The third-order valence-corrected chi connectivity index (χ3v) is 9.47. The lowest BCUT2D eigenvalue weighted by Gasteiger charge is -2.19. The smallest absolute Gasteiger partial charge is 0.351 e. The first-order chi connectivity index (χ1) is 25.3. The molecule has 1 atom stereocenters. The lowest BCUT2D eigenvalue weighted by atomic mass is 9.89. The van der Waals surface area contributed by atoms with Crippen molar-refractivity contribution in [3.8, 4) is 22.3 Å².